The Hall–Kier alpha value is -3.55. The maximum atomic E-state index is 12.8. The second kappa shape index (κ2) is 9.30. The van der Waals surface area contributed by atoms with Gasteiger partial charge in [-0.15, -0.1) is 0 Å². The van der Waals surface area contributed by atoms with Crippen molar-refractivity contribution in [2.24, 2.45) is 7.05 Å². The Kier molecular flexibility index (Phi) is 6.30. The molecular formula is C24H29N7O. The lowest BCUT2D eigenvalue weighted by molar-refractivity contribution is -0.127. The second-order valence-corrected chi connectivity index (χ2v) is 8.36. The van der Waals surface area contributed by atoms with Crippen LogP contribution in [0.5, 0.6) is 0 Å². The maximum absolute atomic E-state index is 12.8. The molecule has 0 saturated carbocycles. The van der Waals surface area contributed by atoms with E-state index in [1.807, 2.05) is 57.0 Å². The first-order valence-corrected chi connectivity index (χ1v) is 10.9. The van der Waals surface area contributed by atoms with Crippen molar-refractivity contribution in [1.82, 2.24) is 29.6 Å². The number of amides is 1. The lowest BCUT2D eigenvalue weighted by atomic mass is 9.93. The zero-order chi connectivity index (χ0) is 22.7. The first-order chi connectivity index (χ1) is 15.4. The lowest BCUT2D eigenvalue weighted by Crippen LogP contribution is -2.38. The average molecular weight is 432 g/mol. The Morgan fingerprint density at radius 2 is 1.84 bits per heavy atom. The summed E-state index contributed by atoms with van der Waals surface area (Å²) < 4.78 is 1.74. The fourth-order valence-electron chi connectivity index (χ4n) is 4.11. The van der Waals surface area contributed by atoms with E-state index in [0.29, 0.717) is 12.5 Å². The van der Waals surface area contributed by atoms with Crippen LogP contribution < -0.4 is 5.32 Å². The highest BCUT2D eigenvalue weighted by atomic mass is 16.2. The van der Waals surface area contributed by atoms with Crippen LogP contribution in [0.2, 0.25) is 0 Å². The van der Waals surface area contributed by atoms with Crippen molar-refractivity contribution in [3.05, 3.63) is 65.0 Å². The van der Waals surface area contributed by atoms with Crippen molar-refractivity contribution in [1.29, 1.82) is 0 Å². The summed E-state index contributed by atoms with van der Waals surface area (Å²) >= 11 is 0. The molecule has 3 aromatic rings. The van der Waals surface area contributed by atoms with Crippen molar-refractivity contribution in [2.45, 2.75) is 39.5 Å². The standard InChI is InChI=1S/C24H29N7O/c1-16-12-17(2)28-24(27-16)29-20-13-18(3)26-22(14-20)19-6-5-11-31(15-19)23(32)8-7-21-9-10-25-30(21)4/h7-10,12-14,19H,5-6,11,15H2,1-4H3,(H,26,27,28,29)/b8-7+. The van der Waals surface area contributed by atoms with Gasteiger partial charge in [-0.25, -0.2) is 9.97 Å². The maximum Gasteiger partial charge on any atom is 0.246 e. The van der Waals surface area contributed by atoms with Crippen molar-refractivity contribution in [3.8, 4) is 0 Å². The summed E-state index contributed by atoms with van der Waals surface area (Å²) in [5.74, 6) is 0.795. The van der Waals surface area contributed by atoms with Crippen molar-refractivity contribution < 1.29 is 4.79 Å². The number of aryl methyl sites for hydroxylation is 4. The molecule has 4 rings (SSSR count). The van der Waals surface area contributed by atoms with Gasteiger partial charge in [0.25, 0.3) is 0 Å². The topological polar surface area (TPSA) is 88.8 Å². The minimum atomic E-state index is 0.0190. The Bertz CT molecular complexity index is 1130. The van der Waals surface area contributed by atoms with E-state index in [1.54, 1.807) is 17.0 Å². The van der Waals surface area contributed by atoms with E-state index in [9.17, 15) is 4.79 Å². The Balaban J connectivity index is 1.48. The highest BCUT2D eigenvalue weighted by molar-refractivity contribution is 5.91. The largest absolute Gasteiger partial charge is 0.338 e. The third kappa shape index (κ3) is 5.19. The van der Waals surface area contributed by atoms with E-state index in [0.717, 1.165) is 53.5 Å². The number of carbonyl (C=O) groups excluding carboxylic acids is 1. The molecule has 1 saturated heterocycles. The molecule has 8 heteroatoms. The van der Waals surface area contributed by atoms with Crippen LogP contribution in [0.4, 0.5) is 11.6 Å². The fraction of sp³-hybridized carbons (Fsp3) is 0.375. The predicted molar refractivity (Wildman–Crippen MR) is 125 cm³/mol. The van der Waals surface area contributed by atoms with Crippen LogP contribution >= 0.6 is 0 Å². The number of hydrogen-bond donors (Lipinski definition) is 1. The molecule has 0 spiro atoms. The Morgan fingerprint density at radius 3 is 2.56 bits per heavy atom. The minimum Gasteiger partial charge on any atom is -0.338 e. The number of piperidine rings is 1. The molecule has 0 bridgehead atoms. The molecule has 1 amide bonds. The second-order valence-electron chi connectivity index (χ2n) is 8.36. The number of pyridine rings is 1. The molecule has 0 aliphatic carbocycles. The van der Waals surface area contributed by atoms with Gasteiger partial charge in [-0.1, -0.05) is 0 Å². The van der Waals surface area contributed by atoms with Crippen LogP contribution in [0, 0.1) is 20.8 Å². The molecule has 1 unspecified atom stereocenters. The summed E-state index contributed by atoms with van der Waals surface area (Å²) in [4.78, 5) is 28.4. The third-order valence-electron chi connectivity index (χ3n) is 5.62. The number of rotatable bonds is 5. The summed E-state index contributed by atoms with van der Waals surface area (Å²) in [6.45, 7) is 7.32. The van der Waals surface area contributed by atoms with Gasteiger partial charge in [-0.05, 0) is 64.0 Å². The number of carbonyl (C=O) groups is 1. The smallest absolute Gasteiger partial charge is 0.246 e. The van der Waals surface area contributed by atoms with Gasteiger partial charge in [0.1, 0.15) is 0 Å². The number of anilines is 2. The Morgan fingerprint density at radius 1 is 1.09 bits per heavy atom. The number of nitrogens with zero attached hydrogens (tertiary/aromatic N) is 6. The lowest BCUT2D eigenvalue weighted by Gasteiger charge is -2.32. The van der Waals surface area contributed by atoms with Gasteiger partial charge in [-0.3, -0.25) is 14.5 Å². The van der Waals surface area contributed by atoms with Gasteiger partial charge >= 0.3 is 0 Å². The summed E-state index contributed by atoms with van der Waals surface area (Å²) in [7, 11) is 1.86. The van der Waals surface area contributed by atoms with Crippen molar-refractivity contribution >= 4 is 23.6 Å². The molecular weight excluding hydrogens is 402 g/mol. The average Bonchev–Trinajstić information content (AvgIpc) is 3.15. The van der Waals surface area contributed by atoms with Crippen LogP contribution in [0.25, 0.3) is 6.08 Å². The molecule has 1 aliphatic rings. The molecule has 3 aromatic heterocycles. The van der Waals surface area contributed by atoms with E-state index in [4.69, 9.17) is 4.98 Å². The summed E-state index contributed by atoms with van der Waals surface area (Å²) in [6, 6.07) is 7.88. The third-order valence-corrected chi connectivity index (χ3v) is 5.62. The normalized spacial score (nSPS) is 16.5. The predicted octanol–water partition coefficient (Wildman–Crippen LogP) is 3.69. The van der Waals surface area contributed by atoms with Crippen molar-refractivity contribution in [3.63, 3.8) is 0 Å². The van der Waals surface area contributed by atoms with Gasteiger partial charge < -0.3 is 10.2 Å². The van der Waals surface area contributed by atoms with E-state index in [1.165, 1.54) is 0 Å². The van der Waals surface area contributed by atoms with Crippen LogP contribution in [0.15, 0.2) is 36.5 Å². The SMILES string of the molecule is Cc1cc(Nc2nc(C)cc(C)n2)cc(C2CCCN(C(=O)/C=C/c3ccnn3C)C2)n1. The molecule has 32 heavy (non-hydrogen) atoms. The highest BCUT2D eigenvalue weighted by Crippen LogP contribution is 2.28. The number of aromatic nitrogens is 5. The number of nitrogens with one attached hydrogen (secondary N) is 1. The molecule has 4 heterocycles. The van der Waals surface area contributed by atoms with Crippen LogP contribution in [0.3, 0.4) is 0 Å². The quantitative estimate of drug-likeness (QED) is 0.620. The van der Waals surface area contributed by atoms with Crippen LogP contribution in [-0.4, -0.2) is 48.6 Å². The summed E-state index contributed by atoms with van der Waals surface area (Å²) in [5.41, 5.74) is 5.57. The Labute approximate surface area is 188 Å². The summed E-state index contributed by atoms with van der Waals surface area (Å²) in [6.07, 6.45) is 7.13. The van der Waals surface area contributed by atoms with Gasteiger partial charge in [0.15, 0.2) is 0 Å². The number of likely N-dealkylation sites (tertiary alicyclic amines) is 1. The van der Waals surface area contributed by atoms with Crippen molar-refractivity contribution in [2.75, 3.05) is 18.4 Å². The number of hydrogen-bond acceptors (Lipinski definition) is 6. The van der Waals surface area contributed by atoms with E-state index in [-0.39, 0.29) is 11.8 Å². The molecule has 1 atom stereocenters. The van der Waals surface area contributed by atoms with Gasteiger partial charge in [-0.2, -0.15) is 5.10 Å². The van der Waals surface area contributed by atoms with E-state index in [2.05, 4.69) is 26.4 Å². The van der Waals surface area contributed by atoms with Gasteiger partial charge in [0.05, 0.1) is 5.69 Å². The minimum absolute atomic E-state index is 0.0190. The first-order valence-electron chi connectivity index (χ1n) is 10.9. The molecule has 1 aliphatic heterocycles. The molecule has 0 radical (unpaired) electrons. The van der Waals surface area contributed by atoms with E-state index >= 15 is 0 Å². The molecule has 1 N–H and O–H groups in total. The fourth-order valence-corrected chi connectivity index (χ4v) is 4.11. The zero-order valence-electron chi connectivity index (χ0n) is 19.0. The summed E-state index contributed by atoms with van der Waals surface area (Å²) in [5, 5.41) is 7.45. The van der Waals surface area contributed by atoms with Crippen LogP contribution in [-0.2, 0) is 11.8 Å². The van der Waals surface area contributed by atoms with E-state index < -0.39 is 0 Å². The molecule has 1 fully saturated rings. The molecule has 166 valence electrons. The molecule has 8 nitrogen and oxygen atoms in total. The zero-order valence-corrected chi connectivity index (χ0v) is 19.0. The molecule has 0 aromatic carbocycles. The monoisotopic (exact) mass is 431 g/mol. The first kappa shape index (κ1) is 21.7. The highest BCUT2D eigenvalue weighted by Gasteiger charge is 2.25. The van der Waals surface area contributed by atoms with Gasteiger partial charge in [0.2, 0.25) is 11.9 Å². The van der Waals surface area contributed by atoms with Crippen LogP contribution in [0.1, 0.15) is 47.2 Å². The van der Waals surface area contributed by atoms with Gasteiger partial charge in [0, 0.05) is 66.8 Å².